The van der Waals surface area contributed by atoms with Crippen molar-refractivity contribution in [3.63, 3.8) is 0 Å². The van der Waals surface area contributed by atoms with E-state index in [0.717, 1.165) is 6.42 Å². The van der Waals surface area contributed by atoms with Crippen LogP contribution < -0.4 is 14.2 Å². The van der Waals surface area contributed by atoms with Crippen LogP contribution in [0.1, 0.15) is 6.42 Å². The molecule has 1 aliphatic heterocycles. The van der Waals surface area contributed by atoms with Crippen molar-refractivity contribution < 1.29 is 27.7 Å². The first-order valence-electron chi connectivity index (χ1n) is 6.58. The van der Waals surface area contributed by atoms with Crippen LogP contribution in [0.5, 0.6) is 11.5 Å². The molecule has 0 saturated carbocycles. The van der Waals surface area contributed by atoms with Gasteiger partial charge in [-0.3, -0.25) is 0 Å². The Morgan fingerprint density at radius 1 is 1.33 bits per heavy atom. The predicted octanol–water partition coefficient (Wildman–Crippen LogP) is 0.134. The van der Waals surface area contributed by atoms with E-state index in [0.29, 0.717) is 24.7 Å². The molecule has 118 valence electrons. The van der Waals surface area contributed by atoms with Gasteiger partial charge in [-0.1, -0.05) is 0 Å². The molecule has 2 rings (SSSR count). The minimum atomic E-state index is -3.76. The van der Waals surface area contributed by atoms with Crippen LogP contribution in [0.15, 0.2) is 23.1 Å². The second kappa shape index (κ2) is 7.08. The van der Waals surface area contributed by atoms with Gasteiger partial charge >= 0.3 is 0 Å². The molecule has 0 radical (unpaired) electrons. The second-order valence-electron chi connectivity index (χ2n) is 4.62. The van der Waals surface area contributed by atoms with Crippen LogP contribution in [0.4, 0.5) is 0 Å². The maximum absolute atomic E-state index is 12.3. The van der Waals surface area contributed by atoms with E-state index in [1.165, 1.54) is 19.2 Å². The Balaban J connectivity index is 2.22. The molecule has 7 nitrogen and oxygen atoms in total. The highest BCUT2D eigenvalue weighted by atomic mass is 32.2. The lowest BCUT2D eigenvalue weighted by Gasteiger charge is -2.16. The molecule has 2 N–H and O–H groups in total. The van der Waals surface area contributed by atoms with Crippen molar-refractivity contribution >= 4 is 10.0 Å². The van der Waals surface area contributed by atoms with Crippen molar-refractivity contribution in [2.24, 2.45) is 0 Å². The number of hydrogen-bond donors (Lipinski definition) is 2. The molecule has 0 amide bonds. The molecule has 0 spiro atoms. The zero-order valence-corrected chi connectivity index (χ0v) is 12.6. The van der Waals surface area contributed by atoms with Gasteiger partial charge in [0.15, 0.2) is 11.5 Å². The Kier molecular flexibility index (Phi) is 5.40. The van der Waals surface area contributed by atoms with Gasteiger partial charge in [-0.15, -0.1) is 0 Å². The van der Waals surface area contributed by atoms with Crippen molar-refractivity contribution in [3.8, 4) is 11.5 Å². The molecule has 0 saturated heterocycles. The van der Waals surface area contributed by atoms with Crippen LogP contribution >= 0.6 is 0 Å². The number of aliphatic hydroxyl groups is 1. The molecule has 1 aromatic carbocycles. The largest absolute Gasteiger partial charge is 0.490 e. The summed E-state index contributed by atoms with van der Waals surface area (Å²) in [6.45, 7) is 0.753. The quantitative estimate of drug-likeness (QED) is 0.775. The van der Waals surface area contributed by atoms with Crippen molar-refractivity contribution in [1.29, 1.82) is 0 Å². The fourth-order valence-corrected chi connectivity index (χ4v) is 3.15. The second-order valence-corrected chi connectivity index (χ2v) is 6.33. The summed E-state index contributed by atoms with van der Waals surface area (Å²) in [5.41, 5.74) is 0. The van der Waals surface area contributed by atoms with Gasteiger partial charge in [-0.05, 0) is 12.1 Å². The lowest BCUT2D eigenvalue weighted by molar-refractivity contribution is 0.139. The fraction of sp³-hybridized carbons (Fsp3) is 0.538. The molecular weight excluding hydrogens is 298 g/mol. The molecular formula is C13H19NO6S. The summed E-state index contributed by atoms with van der Waals surface area (Å²) >= 11 is 0. The van der Waals surface area contributed by atoms with E-state index < -0.39 is 16.1 Å². The normalized spacial score (nSPS) is 16.3. The van der Waals surface area contributed by atoms with Gasteiger partial charge in [-0.2, -0.15) is 0 Å². The Bertz CT molecular complexity index is 574. The molecule has 1 unspecified atom stereocenters. The van der Waals surface area contributed by atoms with Crippen LogP contribution in [0.3, 0.4) is 0 Å². The van der Waals surface area contributed by atoms with Crippen molar-refractivity contribution in [2.45, 2.75) is 17.4 Å². The van der Waals surface area contributed by atoms with Crippen LogP contribution in [0, 0.1) is 0 Å². The lowest BCUT2D eigenvalue weighted by Crippen LogP contribution is -2.40. The summed E-state index contributed by atoms with van der Waals surface area (Å²) in [5.74, 6) is 0.935. The van der Waals surface area contributed by atoms with Crippen molar-refractivity contribution in [3.05, 3.63) is 18.2 Å². The molecule has 1 aromatic rings. The van der Waals surface area contributed by atoms with Gasteiger partial charge in [0, 0.05) is 19.6 Å². The van der Waals surface area contributed by atoms with Gasteiger partial charge in [0.05, 0.1) is 37.4 Å². The minimum absolute atomic E-state index is 0.0568. The topological polar surface area (TPSA) is 94.1 Å². The van der Waals surface area contributed by atoms with E-state index in [2.05, 4.69) is 4.72 Å². The van der Waals surface area contributed by atoms with E-state index in [1.54, 1.807) is 6.07 Å². The van der Waals surface area contributed by atoms with Crippen molar-refractivity contribution in [1.82, 2.24) is 4.72 Å². The third-order valence-corrected chi connectivity index (χ3v) is 4.46. The van der Waals surface area contributed by atoms with Gasteiger partial charge in [0.25, 0.3) is 0 Å². The van der Waals surface area contributed by atoms with Gasteiger partial charge < -0.3 is 19.3 Å². The highest BCUT2D eigenvalue weighted by molar-refractivity contribution is 7.89. The molecule has 0 aromatic heterocycles. The Labute approximate surface area is 123 Å². The lowest BCUT2D eigenvalue weighted by atomic mass is 10.3. The van der Waals surface area contributed by atoms with Crippen LogP contribution in [0.2, 0.25) is 0 Å². The molecule has 21 heavy (non-hydrogen) atoms. The van der Waals surface area contributed by atoms with Gasteiger partial charge in [0.1, 0.15) is 0 Å². The van der Waals surface area contributed by atoms with E-state index in [4.69, 9.17) is 19.3 Å². The number of aliphatic hydroxyl groups excluding tert-OH is 1. The number of rotatable bonds is 6. The summed E-state index contributed by atoms with van der Waals surface area (Å²) in [4.78, 5) is 0.0568. The number of sulfonamides is 1. The molecule has 0 aliphatic carbocycles. The molecule has 1 atom stereocenters. The zero-order chi connectivity index (χ0) is 15.3. The average Bonchev–Trinajstić information content (AvgIpc) is 2.71. The van der Waals surface area contributed by atoms with E-state index in [-0.39, 0.29) is 18.1 Å². The summed E-state index contributed by atoms with van der Waals surface area (Å²) < 4.78 is 42.7. The number of fused-ring (bicyclic) bond motifs is 1. The van der Waals surface area contributed by atoms with E-state index >= 15 is 0 Å². The van der Waals surface area contributed by atoms with Crippen LogP contribution in [-0.4, -0.2) is 53.1 Å². The van der Waals surface area contributed by atoms with Crippen LogP contribution in [0.25, 0.3) is 0 Å². The Morgan fingerprint density at radius 2 is 2.05 bits per heavy atom. The molecule has 1 aliphatic rings. The summed E-state index contributed by atoms with van der Waals surface area (Å²) in [7, 11) is -2.33. The number of methoxy groups -OCH3 is 1. The van der Waals surface area contributed by atoms with Gasteiger partial charge in [0.2, 0.25) is 10.0 Å². The highest BCUT2D eigenvalue weighted by Gasteiger charge is 2.22. The van der Waals surface area contributed by atoms with E-state index in [1.807, 2.05) is 0 Å². The summed E-state index contributed by atoms with van der Waals surface area (Å²) in [6, 6.07) is 3.73. The Hall–Kier alpha value is -1.35. The number of benzene rings is 1. The number of ether oxygens (including phenoxy) is 3. The number of hydrogen-bond acceptors (Lipinski definition) is 6. The first-order chi connectivity index (χ1) is 10.1. The van der Waals surface area contributed by atoms with E-state index in [9.17, 15) is 8.42 Å². The first kappa shape index (κ1) is 16.0. The SMILES string of the molecule is COCC(CO)NS(=O)(=O)c1ccc2c(c1)OCCCO2. The predicted molar refractivity (Wildman–Crippen MR) is 75.1 cm³/mol. The average molecular weight is 317 g/mol. The molecule has 8 heteroatoms. The standard InChI is InChI=1S/C13H19NO6S/c1-18-9-10(8-15)14-21(16,17)11-3-4-12-13(7-11)20-6-2-5-19-12/h3-4,7,10,14-15H,2,5-6,8-9H2,1H3. The smallest absolute Gasteiger partial charge is 0.241 e. The monoisotopic (exact) mass is 317 g/mol. The fourth-order valence-electron chi connectivity index (χ4n) is 1.92. The summed E-state index contributed by atoms with van der Waals surface area (Å²) in [5, 5.41) is 9.14. The van der Waals surface area contributed by atoms with Gasteiger partial charge in [-0.25, -0.2) is 13.1 Å². The van der Waals surface area contributed by atoms with Crippen molar-refractivity contribution in [2.75, 3.05) is 33.5 Å². The third-order valence-electron chi connectivity index (χ3n) is 2.94. The Morgan fingerprint density at radius 3 is 2.71 bits per heavy atom. The first-order valence-corrected chi connectivity index (χ1v) is 8.07. The molecule has 1 heterocycles. The maximum atomic E-state index is 12.3. The maximum Gasteiger partial charge on any atom is 0.241 e. The molecule has 0 bridgehead atoms. The molecule has 0 fully saturated rings. The minimum Gasteiger partial charge on any atom is -0.490 e. The zero-order valence-electron chi connectivity index (χ0n) is 11.7. The highest BCUT2D eigenvalue weighted by Crippen LogP contribution is 2.31. The number of nitrogens with one attached hydrogen (secondary N) is 1. The third kappa shape index (κ3) is 4.07. The van der Waals surface area contributed by atoms with Crippen LogP contribution in [-0.2, 0) is 14.8 Å². The summed E-state index contributed by atoms with van der Waals surface area (Å²) in [6.07, 6.45) is 0.745.